The maximum absolute atomic E-state index is 11.4. The molecule has 2 bridgehead atoms. The number of fused-ring (bicyclic) bond motifs is 1. The first-order valence-corrected chi connectivity index (χ1v) is 8.04. The number of carbonyl (C=O) groups excluding carboxylic acids is 1. The van der Waals surface area contributed by atoms with Crippen LogP contribution in [-0.2, 0) is 9.53 Å². The Balaban J connectivity index is 2.08. The Hall–Kier alpha value is -0.570. The van der Waals surface area contributed by atoms with Crippen LogP contribution >= 0.6 is 0 Å². The van der Waals surface area contributed by atoms with Crippen molar-refractivity contribution < 1.29 is 14.6 Å². The summed E-state index contributed by atoms with van der Waals surface area (Å²) >= 11 is 0. The van der Waals surface area contributed by atoms with Crippen molar-refractivity contribution in [1.29, 1.82) is 0 Å². The van der Waals surface area contributed by atoms with E-state index < -0.39 is 5.60 Å². The molecule has 1 spiro atoms. The van der Waals surface area contributed by atoms with E-state index in [1.54, 1.807) is 0 Å². The third-order valence-corrected chi connectivity index (χ3v) is 7.36. The molecule has 0 saturated heterocycles. The number of ether oxygens (including phenoxy) is 1. The molecule has 0 aromatic carbocycles. The van der Waals surface area contributed by atoms with E-state index in [4.69, 9.17) is 4.74 Å². The molecule has 3 saturated carbocycles. The molecular formula is C17H28O3. The zero-order valence-electron chi connectivity index (χ0n) is 13.4. The van der Waals surface area contributed by atoms with Gasteiger partial charge in [-0.05, 0) is 55.8 Å². The Morgan fingerprint density at radius 3 is 2.50 bits per heavy atom. The molecule has 3 aliphatic rings. The standard InChI is InChI=1S/C17H28O3/c1-10-6-7-17-13(10)8-12(15(17,3)4)9-14(16(17,5)19)20-11(2)18/h10,12-14,19H,6-9H2,1-5H3/t10-,12+,13+,14-,16+,17+/m0/s1. The summed E-state index contributed by atoms with van der Waals surface area (Å²) in [5, 5.41) is 11.4. The van der Waals surface area contributed by atoms with Crippen LogP contribution in [0, 0.1) is 28.6 Å². The van der Waals surface area contributed by atoms with Crippen LogP contribution < -0.4 is 0 Å². The molecule has 3 heteroatoms. The summed E-state index contributed by atoms with van der Waals surface area (Å²) in [6.07, 6.45) is 3.90. The Labute approximate surface area is 122 Å². The van der Waals surface area contributed by atoms with Crippen molar-refractivity contribution in [3.63, 3.8) is 0 Å². The van der Waals surface area contributed by atoms with E-state index in [9.17, 15) is 9.90 Å². The maximum Gasteiger partial charge on any atom is 0.303 e. The van der Waals surface area contributed by atoms with E-state index in [2.05, 4.69) is 20.8 Å². The number of aliphatic hydroxyl groups is 1. The first kappa shape index (κ1) is 14.4. The Morgan fingerprint density at radius 1 is 1.25 bits per heavy atom. The molecule has 114 valence electrons. The molecule has 20 heavy (non-hydrogen) atoms. The van der Waals surface area contributed by atoms with Crippen molar-refractivity contribution >= 4 is 5.97 Å². The highest BCUT2D eigenvalue weighted by molar-refractivity contribution is 5.66. The minimum absolute atomic E-state index is 0.0948. The van der Waals surface area contributed by atoms with Gasteiger partial charge in [-0.25, -0.2) is 0 Å². The first-order chi connectivity index (χ1) is 9.14. The fraction of sp³-hybridized carbons (Fsp3) is 0.941. The fourth-order valence-corrected chi connectivity index (χ4v) is 6.34. The molecule has 3 rings (SSSR count). The van der Waals surface area contributed by atoms with Gasteiger partial charge in [-0.2, -0.15) is 0 Å². The van der Waals surface area contributed by atoms with Gasteiger partial charge in [0.2, 0.25) is 0 Å². The van der Waals surface area contributed by atoms with Gasteiger partial charge in [0, 0.05) is 12.3 Å². The SMILES string of the molecule is CC(=O)O[C@H]1C[C@H]2C[C@@H]3[C@@H](C)CC[C@@]3(C2(C)C)[C@]1(C)O. The molecule has 0 aromatic rings. The molecule has 0 unspecified atom stereocenters. The van der Waals surface area contributed by atoms with E-state index in [1.165, 1.54) is 19.8 Å². The van der Waals surface area contributed by atoms with Crippen LogP contribution in [0.15, 0.2) is 0 Å². The molecule has 0 radical (unpaired) electrons. The fourth-order valence-electron chi connectivity index (χ4n) is 6.34. The van der Waals surface area contributed by atoms with Gasteiger partial charge in [0.05, 0.1) is 0 Å². The van der Waals surface area contributed by atoms with Crippen molar-refractivity contribution in [2.75, 3.05) is 0 Å². The van der Waals surface area contributed by atoms with Crippen LogP contribution in [0.5, 0.6) is 0 Å². The number of esters is 1. The first-order valence-electron chi connectivity index (χ1n) is 8.04. The van der Waals surface area contributed by atoms with E-state index in [0.29, 0.717) is 17.8 Å². The smallest absolute Gasteiger partial charge is 0.303 e. The molecule has 1 N–H and O–H groups in total. The van der Waals surface area contributed by atoms with Gasteiger partial charge in [0.25, 0.3) is 0 Å². The lowest BCUT2D eigenvalue weighted by Crippen LogP contribution is -2.64. The van der Waals surface area contributed by atoms with Crippen LogP contribution in [0.2, 0.25) is 0 Å². The van der Waals surface area contributed by atoms with Crippen molar-refractivity contribution in [1.82, 2.24) is 0 Å². The van der Waals surface area contributed by atoms with Crippen molar-refractivity contribution in [3.8, 4) is 0 Å². The van der Waals surface area contributed by atoms with Gasteiger partial charge < -0.3 is 9.84 Å². The lowest BCUT2D eigenvalue weighted by atomic mass is 9.49. The molecular weight excluding hydrogens is 252 g/mol. The lowest BCUT2D eigenvalue weighted by molar-refractivity contribution is -0.234. The van der Waals surface area contributed by atoms with E-state index in [1.807, 2.05) is 6.92 Å². The predicted octanol–water partition coefficient (Wildman–Crippen LogP) is 3.15. The summed E-state index contributed by atoms with van der Waals surface area (Å²) in [5.74, 6) is 1.52. The summed E-state index contributed by atoms with van der Waals surface area (Å²) in [6.45, 7) is 10.4. The minimum atomic E-state index is -0.912. The molecule has 6 atom stereocenters. The van der Waals surface area contributed by atoms with Crippen LogP contribution in [0.4, 0.5) is 0 Å². The van der Waals surface area contributed by atoms with Gasteiger partial charge in [0.15, 0.2) is 0 Å². The average molecular weight is 280 g/mol. The zero-order valence-corrected chi connectivity index (χ0v) is 13.4. The highest BCUT2D eigenvalue weighted by Crippen LogP contribution is 2.75. The topological polar surface area (TPSA) is 46.5 Å². The van der Waals surface area contributed by atoms with Crippen LogP contribution in [-0.4, -0.2) is 22.8 Å². The highest BCUT2D eigenvalue weighted by Gasteiger charge is 2.75. The number of rotatable bonds is 1. The molecule has 0 aliphatic heterocycles. The monoisotopic (exact) mass is 280 g/mol. The van der Waals surface area contributed by atoms with Gasteiger partial charge >= 0.3 is 5.97 Å². The predicted molar refractivity (Wildman–Crippen MR) is 77.0 cm³/mol. The van der Waals surface area contributed by atoms with Crippen LogP contribution in [0.25, 0.3) is 0 Å². The molecule has 3 fully saturated rings. The highest BCUT2D eigenvalue weighted by atomic mass is 16.6. The summed E-state index contributed by atoms with van der Waals surface area (Å²) in [4.78, 5) is 11.4. The van der Waals surface area contributed by atoms with Crippen LogP contribution in [0.3, 0.4) is 0 Å². The van der Waals surface area contributed by atoms with E-state index in [0.717, 1.165) is 12.8 Å². The van der Waals surface area contributed by atoms with Crippen molar-refractivity contribution in [2.45, 2.75) is 72.0 Å². The molecule has 0 amide bonds. The van der Waals surface area contributed by atoms with Gasteiger partial charge in [-0.3, -0.25) is 4.79 Å². The lowest BCUT2D eigenvalue weighted by Gasteiger charge is -2.59. The van der Waals surface area contributed by atoms with Crippen molar-refractivity contribution in [3.05, 3.63) is 0 Å². The molecule has 0 aromatic heterocycles. The van der Waals surface area contributed by atoms with Gasteiger partial charge in [-0.1, -0.05) is 20.8 Å². The quantitative estimate of drug-likeness (QED) is 0.751. The molecule has 0 heterocycles. The molecule has 3 aliphatic carbocycles. The largest absolute Gasteiger partial charge is 0.459 e. The third-order valence-electron chi connectivity index (χ3n) is 7.36. The molecule has 3 nitrogen and oxygen atoms in total. The summed E-state index contributed by atoms with van der Waals surface area (Å²) < 4.78 is 5.53. The van der Waals surface area contributed by atoms with Crippen LogP contribution in [0.1, 0.15) is 60.3 Å². The van der Waals surface area contributed by atoms with Gasteiger partial charge in [-0.15, -0.1) is 0 Å². The van der Waals surface area contributed by atoms with E-state index >= 15 is 0 Å². The Morgan fingerprint density at radius 2 is 1.90 bits per heavy atom. The number of hydrogen-bond donors (Lipinski definition) is 1. The second-order valence-electron chi connectivity index (χ2n) is 8.23. The summed E-state index contributed by atoms with van der Waals surface area (Å²) in [5.41, 5.74) is -0.879. The Kier molecular flexibility index (Phi) is 2.87. The number of hydrogen-bond acceptors (Lipinski definition) is 3. The maximum atomic E-state index is 11.4. The second-order valence-corrected chi connectivity index (χ2v) is 8.23. The third kappa shape index (κ3) is 1.43. The zero-order chi connectivity index (χ0) is 14.9. The minimum Gasteiger partial charge on any atom is -0.459 e. The summed E-state index contributed by atoms with van der Waals surface area (Å²) in [7, 11) is 0. The van der Waals surface area contributed by atoms with Gasteiger partial charge in [0.1, 0.15) is 11.7 Å². The Bertz CT molecular complexity index is 440. The van der Waals surface area contributed by atoms with Crippen molar-refractivity contribution in [2.24, 2.45) is 28.6 Å². The summed E-state index contributed by atoms with van der Waals surface area (Å²) in [6, 6.07) is 0. The second kappa shape index (κ2) is 4.00. The number of carbonyl (C=O) groups is 1. The normalized spacial score (nSPS) is 52.7. The van der Waals surface area contributed by atoms with E-state index in [-0.39, 0.29) is 22.9 Å². The average Bonchev–Trinajstić information content (AvgIpc) is 2.71.